The van der Waals surface area contributed by atoms with Crippen LogP contribution in [0.15, 0.2) is 29.2 Å². The van der Waals surface area contributed by atoms with E-state index in [0.717, 1.165) is 11.3 Å². The van der Waals surface area contributed by atoms with Gasteiger partial charge in [0.05, 0.1) is 17.4 Å². The van der Waals surface area contributed by atoms with Gasteiger partial charge in [-0.05, 0) is 18.6 Å². The van der Waals surface area contributed by atoms with Crippen molar-refractivity contribution >= 4 is 41.3 Å². The van der Waals surface area contributed by atoms with E-state index < -0.39 is 29.8 Å². The largest absolute Gasteiger partial charge is 0.456 e. The number of amides is 4. The van der Waals surface area contributed by atoms with Gasteiger partial charge in [0.1, 0.15) is 0 Å². The summed E-state index contributed by atoms with van der Waals surface area (Å²) in [5, 5.41) is 6.61. The molecule has 4 amide bonds. The third kappa shape index (κ3) is 5.79. The molecule has 0 radical (unpaired) electrons. The van der Waals surface area contributed by atoms with Crippen LogP contribution in [0.5, 0.6) is 0 Å². The van der Waals surface area contributed by atoms with E-state index in [1.807, 2.05) is 30.4 Å². The van der Waals surface area contributed by atoms with Crippen LogP contribution in [0.2, 0.25) is 0 Å². The molecule has 0 saturated heterocycles. The van der Waals surface area contributed by atoms with E-state index >= 15 is 0 Å². The van der Waals surface area contributed by atoms with Crippen molar-refractivity contribution in [3.8, 4) is 0 Å². The number of carbonyl (C=O) groups excluding carboxylic acids is 4. The number of carbonyl (C=O) groups is 4. The number of nitrogens with one attached hydrogen (secondary N) is 3. The SMILES string of the molecule is CCCNC(=O)NC(=O)COC(=O)C[C@@H]1Sc2ccccc2NC1=O. The van der Waals surface area contributed by atoms with Gasteiger partial charge in [-0.2, -0.15) is 0 Å². The molecule has 1 heterocycles. The van der Waals surface area contributed by atoms with Gasteiger partial charge < -0.3 is 15.4 Å². The van der Waals surface area contributed by atoms with Gasteiger partial charge in [0.25, 0.3) is 5.91 Å². The molecule has 134 valence electrons. The molecule has 0 spiro atoms. The number of hydrogen-bond acceptors (Lipinski definition) is 6. The highest BCUT2D eigenvalue weighted by atomic mass is 32.2. The Morgan fingerprint density at radius 3 is 2.80 bits per heavy atom. The molecule has 0 bridgehead atoms. The summed E-state index contributed by atoms with van der Waals surface area (Å²) in [6.07, 6.45) is 0.570. The second-order valence-corrected chi connectivity index (χ2v) is 6.51. The minimum atomic E-state index is -0.729. The Labute approximate surface area is 149 Å². The molecule has 2 rings (SSSR count). The summed E-state index contributed by atoms with van der Waals surface area (Å²) in [6, 6.07) is 6.64. The lowest BCUT2D eigenvalue weighted by molar-refractivity contribution is -0.148. The summed E-state index contributed by atoms with van der Waals surface area (Å²) < 4.78 is 4.82. The average Bonchev–Trinajstić information content (AvgIpc) is 2.59. The van der Waals surface area contributed by atoms with Crippen LogP contribution in [0.25, 0.3) is 0 Å². The zero-order chi connectivity index (χ0) is 18.2. The molecule has 1 aliphatic heterocycles. The van der Waals surface area contributed by atoms with E-state index in [0.29, 0.717) is 12.2 Å². The van der Waals surface area contributed by atoms with Gasteiger partial charge in [-0.1, -0.05) is 19.1 Å². The van der Waals surface area contributed by atoms with Crippen LogP contribution in [0.3, 0.4) is 0 Å². The van der Waals surface area contributed by atoms with Gasteiger partial charge in [0, 0.05) is 11.4 Å². The molecule has 25 heavy (non-hydrogen) atoms. The number of fused-ring (bicyclic) bond motifs is 1. The number of rotatable bonds is 6. The van der Waals surface area contributed by atoms with E-state index in [4.69, 9.17) is 4.74 Å². The topological polar surface area (TPSA) is 114 Å². The second-order valence-electron chi connectivity index (χ2n) is 5.26. The monoisotopic (exact) mass is 365 g/mol. The van der Waals surface area contributed by atoms with Crippen LogP contribution in [0.1, 0.15) is 19.8 Å². The van der Waals surface area contributed by atoms with E-state index in [9.17, 15) is 19.2 Å². The Morgan fingerprint density at radius 2 is 2.04 bits per heavy atom. The van der Waals surface area contributed by atoms with Crippen molar-refractivity contribution in [1.29, 1.82) is 0 Å². The number of imide groups is 1. The third-order valence-electron chi connectivity index (χ3n) is 3.21. The van der Waals surface area contributed by atoms with Crippen molar-refractivity contribution in [2.45, 2.75) is 29.9 Å². The highest BCUT2D eigenvalue weighted by Crippen LogP contribution is 2.36. The Kier molecular flexibility index (Phi) is 6.81. The number of esters is 1. The van der Waals surface area contributed by atoms with Gasteiger partial charge in [0.2, 0.25) is 5.91 Å². The van der Waals surface area contributed by atoms with Crippen LogP contribution < -0.4 is 16.0 Å². The number of anilines is 1. The quantitative estimate of drug-likeness (QED) is 0.654. The van der Waals surface area contributed by atoms with Gasteiger partial charge >= 0.3 is 12.0 Å². The summed E-state index contributed by atoms with van der Waals surface area (Å²) >= 11 is 1.27. The van der Waals surface area contributed by atoms with Crippen molar-refractivity contribution in [3.63, 3.8) is 0 Å². The maximum absolute atomic E-state index is 12.0. The van der Waals surface area contributed by atoms with Crippen LogP contribution >= 0.6 is 11.8 Å². The minimum Gasteiger partial charge on any atom is -0.456 e. The Hall–Kier alpha value is -2.55. The molecule has 8 nitrogen and oxygen atoms in total. The third-order valence-corrected chi connectivity index (χ3v) is 4.49. The predicted octanol–water partition coefficient (Wildman–Crippen LogP) is 1.27. The van der Waals surface area contributed by atoms with Crippen molar-refractivity contribution in [2.75, 3.05) is 18.5 Å². The molecule has 0 aliphatic carbocycles. The molecular weight excluding hydrogens is 346 g/mol. The molecule has 1 aromatic carbocycles. The summed E-state index contributed by atoms with van der Waals surface area (Å²) in [4.78, 5) is 47.5. The molecule has 0 unspecified atom stereocenters. The summed E-state index contributed by atoms with van der Waals surface area (Å²) in [5.74, 6) is -1.70. The molecule has 1 aromatic rings. The highest BCUT2D eigenvalue weighted by molar-refractivity contribution is 8.01. The fourth-order valence-electron chi connectivity index (χ4n) is 2.03. The molecule has 1 atom stereocenters. The smallest absolute Gasteiger partial charge is 0.321 e. The summed E-state index contributed by atoms with van der Waals surface area (Å²) in [5.41, 5.74) is 0.708. The Morgan fingerprint density at radius 1 is 1.28 bits per heavy atom. The summed E-state index contributed by atoms with van der Waals surface area (Å²) in [7, 11) is 0. The van der Waals surface area contributed by atoms with Crippen LogP contribution in [0.4, 0.5) is 10.5 Å². The number of thioether (sulfide) groups is 1. The maximum atomic E-state index is 12.0. The van der Waals surface area contributed by atoms with Crippen LogP contribution in [-0.4, -0.2) is 42.2 Å². The number of para-hydroxylation sites is 1. The highest BCUT2D eigenvalue weighted by Gasteiger charge is 2.29. The minimum absolute atomic E-state index is 0.167. The molecule has 9 heteroatoms. The Balaban J connectivity index is 1.76. The molecular formula is C16H19N3O5S. The lowest BCUT2D eigenvalue weighted by Crippen LogP contribution is -2.41. The number of ether oxygens (including phenoxy) is 1. The first kappa shape index (κ1) is 18.8. The second kappa shape index (κ2) is 9.07. The fraction of sp³-hybridized carbons (Fsp3) is 0.375. The zero-order valence-electron chi connectivity index (χ0n) is 13.7. The van der Waals surface area contributed by atoms with Crippen LogP contribution in [0, 0.1) is 0 Å². The molecule has 0 aromatic heterocycles. The van der Waals surface area contributed by atoms with E-state index in [1.54, 1.807) is 6.07 Å². The van der Waals surface area contributed by atoms with Crippen molar-refractivity contribution in [1.82, 2.24) is 10.6 Å². The number of hydrogen-bond donors (Lipinski definition) is 3. The lowest BCUT2D eigenvalue weighted by atomic mass is 10.2. The molecule has 0 saturated carbocycles. The first-order valence-electron chi connectivity index (χ1n) is 7.79. The van der Waals surface area contributed by atoms with Gasteiger partial charge in [0.15, 0.2) is 6.61 Å². The van der Waals surface area contributed by atoms with Crippen molar-refractivity contribution in [3.05, 3.63) is 24.3 Å². The van der Waals surface area contributed by atoms with Crippen molar-refractivity contribution in [2.24, 2.45) is 0 Å². The molecule has 1 aliphatic rings. The van der Waals surface area contributed by atoms with Crippen LogP contribution in [-0.2, 0) is 19.1 Å². The summed E-state index contributed by atoms with van der Waals surface area (Å²) in [6.45, 7) is 1.74. The van der Waals surface area contributed by atoms with E-state index in [-0.39, 0.29) is 12.3 Å². The number of urea groups is 1. The maximum Gasteiger partial charge on any atom is 0.321 e. The lowest BCUT2D eigenvalue weighted by Gasteiger charge is -2.23. The van der Waals surface area contributed by atoms with Gasteiger partial charge in [-0.25, -0.2) is 4.79 Å². The van der Waals surface area contributed by atoms with Crippen molar-refractivity contribution < 1.29 is 23.9 Å². The normalized spacial score (nSPS) is 15.6. The van der Waals surface area contributed by atoms with Gasteiger partial charge in [-0.3, -0.25) is 19.7 Å². The predicted molar refractivity (Wildman–Crippen MR) is 92.1 cm³/mol. The standard InChI is InChI=1S/C16H19N3O5S/c1-2-7-17-16(23)19-13(20)9-24-14(21)8-12-15(22)18-10-5-3-4-6-11(10)25-12/h3-6,12H,2,7-9H2,1H3,(H,18,22)(H2,17,19,20,23)/t12-/m0/s1. The Bertz CT molecular complexity index is 679. The van der Waals surface area contributed by atoms with E-state index in [1.165, 1.54) is 11.8 Å². The molecule has 0 fully saturated rings. The number of benzene rings is 1. The zero-order valence-corrected chi connectivity index (χ0v) is 14.5. The average molecular weight is 365 g/mol. The fourth-order valence-corrected chi connectivity index (χ4v) is 3.12. The first-order chi connectivity index (χ1) is 12.0. The van der Waals surface area contributed by atoms with E-state index in [2.05, 4.69) is 10.6 Å². The van der Waals surface area contributed by atoms with Gasteiger partial charge in [-0.15, -0.1) is 11.8 Å². The first-order valence-corrected chi connectivity index (χ1v) is 8.67. The molecule has 3 N–H and O–H groups in total.